The first-order valence-corrected chi connectivity index (χ1v) is 20.9. The van der Waals surface area contributed by atoms with Crippen LogP contribution in [0.2, 0.25) is 0 Å². The first-order chi connectivity index (χ1) is 24.1. The van der Waals surface area contributed by atoms with Gasteiger partial charge in [0.2, 0.25) is 0 Å². The molecule has 0 aromatic rings. The van der Waals surface area contributed by atoms with Gasteiger partial charge in [-0.2, -0.15) is 0 Å². The van der Waals surface area contributed by atoms with Gasteiger partial charge in [0.15, 0.2) is 5.78 Å². The molecule has 9 atom stereocenters. The van der Waals surface area contributed by atoms with Crippen molar-refractivity contribution < 1.29 is 29.0 Å². The first-order valence-electron chi connectivity index (χ1n) is 20.9. The van der Waals surface area contributed by atoms with Crippen LogP contribution in [0.1, 0.15) is 166 Å². The zero-order valence-electron chi connectivity index (χ0n) is 34.1. The quantitative estimate of drug-likeness (QED) is 0.215. The fraction of sp³-hybridized carbons (Fsp3) is 0.864. The Balaban J connectivity index is 1.25. The molecule has 0 bridgehead atoms. The highest BCUT2D eigenvalue weighted by Gasteiger charge is 2.70. The standard InChI is InChI=1S/C44H70N2O6/c1-26(2)35-30(47)24-44(46-38(51)45-27(3)28-14-12-11-13-15-28)23-22-42(9)29(36(35)44)16-17-32-41(8)20-19-33(52-34(48)25-39(4,5)37(49)50)40(6,7)31(41)18-21-43(32,42)10/h26-29,31-33H,11-25H2,1-10H3,(H,49,50)(H2,45,46,51)/t27-,29?,31?,32?,33-,41-,42+,43+,44+/m0/s1. The number of carbonyl (C=O) groups is 4. The molecule has 8 nitrogen and oxygen atoms in total. The second kappa shape index (κ2) is 13.4. The van der Waals surface area contributed by atoms with Crippen LogP contribution in [0.3, 0.4) is 0 Å². The van der Waals surface area contributed by atoms with Crippen molar-refractivity contribution in [3.05, 3.63) is 11.1 Å². The van der Waals surface area contributed by atoms with Crippen molar-refractivity contribution in [3.8, 4) is 0 Å². The number of rotatable bonds is 8. The van der Waals surface area contributed by atoms with Gasteiger partial charge in [0, 0.05) is 17.9 Å². The number of carboxylic acid groups (broad SMARTS) is 1. The smallest absolute Gasteiger partial charge is 0.315 e. The van der Waals surface area contributed by atoms with Crippen molar-refractivity contribution in [1.82, 2.24) is 10.6 Å². The van der Waals surface area contributed by atoms with E-state index in [-0.39, 0.29) is 63.9 Å². The van der Waals surface area contributed by atoms with Crippen LogP contribution in [0.25, 0.3) is 0 Å². The zero-order valence-corrected chi connectivity index (χ0v) is 34.1. The summed E-state index contributed by atoms with van der Waals surface area (Å²) in [5, 5.41) is 16.5. The maximum atomic E-state index is 14.0. The number of nitrogens with one attached hydrogen (secondary N) is 2. The van der Waals surface area contributed by atoms with E-state index in [1.54, 1.807) is 13.8 Å². The van der Waals surface area contributed by atoms with E-state index in [2.05, 4.69) is 66.0 Å². The normalized spacial score (nSPS) is 39.5. The zero-order chi connectivity index (χ0) is 38.2. The highest BCUT2D eigenvalue weighted by Crippen LogP contribution is 2.76. The molecule has 5 fully saturated rings. The van der Waals surface area contributed by atoms with Gasteiger partial charge in [-0.25, -0.2) is 4.79 Å². The van der Waals surface area contributed by atoms with Crippen LogP contribution in [0.5, 0.6) is 0 Å². The second-order valence-corrected chi connectivity index (χ2v) is 20.8. The van der Waals surface area contributed by atoms with Gasteiger partial charge >= 0.3 is 18.0 Å². The largest absolute Gasteiger partial charge is 0.481 e. The lowest BCUT2D eigenvalue weighted by Crippen LogP contribution is -2.67. The lowest BCUT2D eigenvalue weighted by atomic mass is 9.33. The molecule has 0 aromatic heterocycles. The summed E-state index contributed by atoms with van der Waals surface area (Å²) in [6.07, 6.45) is 13.9. The molecular formula is C44H70N2O6. The van der Waals surface area contributed by atoms with E-state index >= 15 is 0 Å². The van der Waals surface area contributed by atoms with E-state index in [1.165, 1.54) is 37.7 Å². The third-order valence-corrected chi connectivity index (χ3v) is 16.9. The summed E-state index contributed by atoms with van der Waals surface area (Å²) in [4.78, 5) is 52.7. The average molecular weight is 723 g/mol. The van der Waals surface area contributed by atoms with Gasteiger partial charge in [-0.1, -0.05) is 67.7 Å². The minimum Gasteiger partial charge on any atom is -0.481 e. The monoisotopic (exact) mass is 723 g/mol. The Morgan fingerprint density at radius 1 is 0.846 bits per heavy atom. The molecule has 6 rings (SSSR count). The molecule has 2 amide bonds. The fourth-order valence-electron chi connectivity index (χ4n) is 13.8. The maximum absolute atomic E-state index is 14.0. The molecule has 6 aliphatic rings. The van der Waals surface area contributed by atoms with Gasteiger partial charge in [-0.3, -0.25) is 14.4 Å². The molecule has 0 aliphatic heterocycles. The molecule has 0 aromatic carbocycles. The Labute approximate surface area is 313 Å². The van der Waals surface area contributed by atoms with Crippen LogP contribution >= 0.6 is 0 Å². The van der Waals surface area contributed by atoms with Gasteiger partial charge in [0.1, 0.15) is 6.10 Å². The third kappa shape index (κ3) is 6.16. The van der Waals surface area contributed by atoms with Crippen LogP contribution < -0.4 is 10.6 Å². The van der Waals surface area contributed by atoms with Gasteiger partial charge in [-0.15, -0.1) is 0 Å². The molecule has 0 heterocycles. The van der Waals surface area contributed by atoms with Crippen molar-refractivity contribution in [2.75, 3.05) is 0 Å². The van der Waals surface area contributed by atoms with E-state index in [0.29, 0.717) is 24.2 Å². The molecule has 5 saturated carbocycles. The summed E-state index contributed by atoms with van der Waals surface area (Å²) in [6.45, 7) is 21.8. The van der Waals surface area contributed by atoms with Crippen LogP contribution in [0, 0.1) is 56.7 Å². The number of urea groups is 1. The Morgan fingerprint density at radius 2 is 1.52 bits per heavy atom. The average Bonchev–Trinajstić information content (AvgIpc) is 3.34. The predicted octanol–water partition coefficient (Wildman–Crippen LogP) is 9.40. The van der Waals surface area contributed by atoms with E-state index in [0.717, 1.165) is 56.9 Å². The van der Waals surface area contributed by atoms with Crippen molar-refractivity contribution in [2.24, 2.45) is 56.7 Å². The van der Waals surface area contributed by atoms with Gasteiger partial charge in [0.05, 0.1) is 17.4 Å². The summed E-state index contributed by atoms with van der Waals surface area (Å²) >= 11 is 0. The first kappa shape index (κ1) is 39.3. The summed E-state index contributed by atoms with van der Waals surface area (Å²) in [5.74, 6) is 0.538. The lowest BCUT2D eigenvalue weighted by Gasteiger charge is -2.72. The summed E-state index contributed by atoms with van der Waals surface area (Å²) in [5.41, 5.74) is 0.324. The van der Waals surface area contributed by atoms with Crippen LogP contribution in [-0.4, -0.2) is 46.5 Å². The fourth-order valence-corrected chi connectivity index (χ4v) is 13.8. The Morgan fingerprint density at radius 3 is 2.15 bits per heavy atom. The van der Waals surface area contributed by atoms with Crippen molar-refractivity contribution in [2.45, 2.75) is 183 Å². The Bertz CT molecular complexity index is 1490. The minimum atomic E-state index is -1.16. The molecule has 0 spiro atoms. The topological polar surface area (TPSA) is 122 Å². The molecule has 52 heavy (non-hydrogen) atoms. The van der Waals surface area contributed by atoms with E-state index < -0.39 is 22.9 Å². The molecule has 0 saturated heterocycles. The number of ether oxygens (including phenoxy) is 1. The SMILES string of the molecule is CC(C)C1=C2C3CCC4[C@@]5(C)CC[C@H](OC(=O)CC(C)(C)C(=O)O)C(C)(C)C5CC[C@@]4(C)[C@]3(C)CC[C@@]2(NC(=O)N[C@@H](C)C2CCCCC2)CC1=O. The van der Waals surface area contributed by atoms with Crippen LogP contribution in [0.4, 0.5) is 4.79 Å². The number of hydrogen-bond acceptors (Lipinski definition) is 5. The van der Waals surface area contributed by atoms with Crippen molar-refractivity contribution >= 4 is 23.8 Å². The Kier molecular flexibility index (Phi) is 10.2. The number of ketones is 1. The number of hydrogen-bond donors (Lipinski definition) is 3. The molecular weight excluding hydrogens is 652 g/mol. The number of carboxylic acids is 1. The number of amides is 2. The van der Waals surface area contributed by atoms with Gasteiger partial charge in [-0.05, 0) is 142 Å². The number of Topliss-reactive ketones (excluding diaryl/α,β-unsaturated/α-hetero) is 1. The third-order valence-electron chi connectivity index (χ3n) is 16.9. The number of aliphatic carboxylic acids is 1. The summed E-state index contributed by atoms with van der Waals surface area (Å²) in [7, 11) is 0. The molecule has 292 valence electrons. The highest BCUT2D eigenvalue weighted by atomic mass is 16.5. The van der Waals surface area contributed by atoms with E-state index in [9.17, 15) is 24.3 Å². The van der Waals surface area contributed by atoms with Crippen molar-refractivity contribution in [1.29, 1.82) is 0 Å². The maximum Gasteiger partial charge on any atom is 0.315 e. The number of carbonyl (C=O) groups excluding carboxylic acids is 3. The number of allylic oxidation sites excluding steroid dienone is 1. The lowest BCUT2D eigenvalue weighted by molar-refractivity contribution is -0.232. The molecule has 3 unspecified atom stereocenters. The number of fused-ring (bicyclic) bond motifs is 7. The Hall–Kier alpha value is -2.38. The van der Waals surface area contributed by atoms with E-state index in [1.807, 2.05) is 0 Å². The highest BCUT2D eigenvalue weighted by molar-refractivity contribution is 6.02. The number of esters is 1. The van der Waals surface area contributed by atoms with Gasteiger partial charge in [0.25, 0.3) is 0 Å². The summed E-state index contributed by atoms with van der Waals surface area (Å²) < 4.78 is 6.17. The van der Waals surface area contributed by atoms with Crippen LogP contribution in [0.15, 0.2) is 11.1 Å². The van der Waals surface area contributed by atoms with Crippen LogP contribution in [-0.2, 0) is 19.1 Å². The molecule has 8 heteroatoms. The molecule has 6 aliphatic carbocycles. The summed E-state index contributed by atoms with van der Waals surface area (Å²) in [6, 6.07) is 0.000464. The van der Waals surface area contributed by atoms with Crippen molar-refractivity contribution in [3.63, 3.8) is 0 Å². The van der Waals surface area contributed by atoms with Gasteiger partial charge < -0.3 is 20.5 Å². The predicted molar refractivity (Wildman–Crippen MR) is 203 cm³/mol. The molecule has 0 radical (unpaired) electrons. The second-order valence-electron chi connectivity index (χ2n) is 20.8. The molecule has 3 N–H and O–H groups in total. The minimum absolute atomic E-state index is 0.0170. The van der Waals surface area contributed by atoms with E-state index in [4.69, 9.17) is 4.74 Å².